The van der Waals surface area contributed by atoms with Crippen LogP contribution in [0.1, 0.15) is 23.6 Å². The predicted molar refractivity (Wildman–Crippen MR) is 130 cm³/mol. The van der Waals surface area contributed by atoms with E-state index in [4.69, 9.17) is 9.47 Å². The molecule has 0 aromatic heterocycles. The van der Waals surface area contributed by atoms with Crippen molar-refractivity contribution in [3.05, 3.63) is 92.4 Å². The van der Waals surface area contributed by atoms with Gasteiger partial charge in [-0.3, -0.25) is 4.79 Å². The fraction of sp³-hybridized carbons (Fsp3) is 0.167. The minimum Gasteiger partial charge on any atom is -0.490 e. The highest BCUT2D eigenvalue weighted by molar-refractivity contribution is 9.10. The van der Waals surface area contributed by atoms with Gasteiger partial charge in [0.05, 0.1) is 19.2 Å². The molecule has 0 aliphatic rings. The molecule has 160 valence electrons. The first-order valence-corrected chi connectivity index (χ1v) is 11.3. The summed E-state index contributed by atoms with van der Waals surface area (Å²) in [6.45, 7) is 2.87. The summed E-state index contributed by atoms with van der Waals surface area (Å²) in [5.41, 5.74) is 5.33. The third-order valence-electron chi connectivity index (χ3n) is 4.26. The molecule has 0 unspecified atom stereocenters. The molecule has 0 aliphatic heterocycles. The average molecular weight is 546 g/mol. The van der Waals surface area contributed by atoms with Crippen molar-refractivity contribution < 1.29 is 14.3 Å². The van der Waals surface area contributed by atoms with E-state index in [0.717, 1.165) is 25.6 Å². The number of hydrazone groups is 1. The molecule has 0 heterocycles. The Bertz CT molecular complexity index is 1040. The zero-order valence-corrected chi connectivity index (χ0v) is 20.1. The highest BCUT2D eigenvalue weighted by Crippen LogP contribution is 2.29. The van der Waals surface area contributed by atoms with E-state index < -0.39 is 0 Å². The second kappa shape index (κ2) is 11.7. The van der Waals surface area contributed by atoms with Crippen molar-refractivity contribution in [1.82, 2.24) is 5.43 Å². The summed E-state index contributed by atoms with van der Waals surface area (Å²) in [6.07, 6.45) is 1.85. The largest absolute Gasteiger partial charge is 0.490 e. The lowest BCUT2D eigenvalue weighted by Crippen LogP contribution is -2.19. The molecule has 0 radical (unpaired) electrons. The van der Waals surface area contributed by atoms with Gasteiger partial charge in [0, 0.05) is 8.95 Å². The second-order valence-electron chi connectivity index (χ2n) is 6.65. The number of ether oxygens (including phenoxy) is 2. The molecule has 0 bridgehead atoms. The predicted octanol–water partition coefficient (Wildman–Crippen LogP) is 5.88. The number of rotatable bonds is 9. The summed E-state index contributed by atoms with van der Waals surface area (Å²) in [5.74, 6) is 1.10. The summed E-state index contributed by atoms with van der Waals surface area (Å²) >= 11 is 6.81. The van der Waals surface area contributed by atoms with E-state index >= 15 is 0 Å². The van der Waals surface area contributed by atoms with Crippen LogP contribution in [0.25, 0.3) is 0 Å². The smallest absolute Gasteiger partial charge is 0.244 e. The molecule has 0 atom stereocenters. The lowest BCUT2D eigenvalue weighted by atomic mass is 10.1. The highest BCUT2D eigenvalue weighted by Gasteiger charge is 2.07. The quantitative estimate of drug-likeness (QED) is 0.270. The lowest BCUT2D eigenvalue weighted by Gasteiger charge is -2.12. The molecule has 3 rings (SSSR count). The summed E-state index contributed by atoms with van der Waals surface area (Å²) < 4.78 is 13.6. The van der Waals surface area contributed by atoms with Crippen LogP contribution in [-0.2, 0) is 17.8 Å². The first-order chi connectivity index (χ1) is 15.0. The Labute approximate surface area is 198 Å². The topological polar surface area (TPSA) is 59.9 Å². The average Bonchev–Trinajstić information content (AvgIpc) is 2.76. The molecule has 0 saturated carbocycles. The molecular weight excluding hydrogens is 524 g/mol. The maximum atomic E-state index is 12.1. The van der Waals surface area contributed by atoms with Gasteiger partial charge in [0.1, 0.15) is 6.61 Å². The van der Waals surface area contributed by atoms with Crippen molar-refractivity contribution in [2.45, 2.75) is 20.0 Å². The second-order valence-corrected chi connectivity index (χ2v) is 8.48. The van der Waals surface area contributed by atoms with Crippen LogP contribution in [0.4, 0.5) is 0 Å². The van der Waals surface area contributed by atoms with Gasteiger partial charge in [-0.1, -0.05) is 56.1 Å². The molecule has 0 aliphatic carbocycles. The van der Waals surface area contributed by atoms with Gasteiger partial charge in [-0.15, -0.1) is 0 Å². The van der Waals surface area contributed by atoms with Crippen molar-refractivity contribution in [3.63, 3.8) is 0 Å². The zero-order valence-electron chi connectivity index (χ0n) is 17.0. The van der Waals surface area contributed by atoms with E-state index in [1.165, 1.54) is 0 Å². The number of hydrogen-bond donors (Lipinski definition) is 1. The number of amides is 1. The van der Waals surface area contributed by atoms with Crippen molar-refractivity contribution in [2.75, 3.05) is 6.61 Å². The van der Waals surface area contributed by atoms with E-state index in [2.05, 4.69) is 42.4 Å². The van der Waals surface area contributed by atoms with Crippen LogP contribution in [0.3, 0.4) is 0 Å². The van der Waals surface area contributed by atoms with Crippen LogP contribution < -0.4 is 14.9 Å². The Morgan fingerprint density at radius 3 is 2.19 bits per heavy atom. The van der Waals surface area contributed by atoms with Gasteiger partial charge in [0.15, 0.2) is 11.5 Å². The summed E-state index contributed by atoms with van der Waals surface area (Å²) in [4.78, 5) is 12.1. The van der Waals surface area contributed by atoms with Crippen LogP contribution in [0.15, 0.2) is 80.8 Å². The van der Waals surface area contributed by atoms with Gasteiger partial charge >= 0.3 is 0 Å². The van der Waals surface area contributed by atoms with Crippen molar-refractivity contribution >= 4 is 44.0 Å². The number of carbonyl (C=O) groups excluding carboxylic acids is 1. The zero-order chi connectivity index (χ0) is 22.1. The summed E-state index contributed by atoms with van der Waals surface area (Å²) in [6, 6.07) is 21.1. The molecule has 0 saturated heterocycles. The van der Waals surface area contributed by atoms with Gasteiger partial charge in [-0.2, -0.15) is 5.10 Å². The molecule has 31 heavy (non-hydrogen) atoms. The monoisotopic (exact) mass is 544 g/mol. The summed E-state index contributed by atoms with van der Waals surface area (Å²) in [7, 11) is 0. The van der Waals surface area contributed by atoms with Gasteiger partial charge in [-0.05, 0) is 66.1 Å². The number of benzene rings is 3. The van der Waals surface area contributed by atoms with Gasteiger partial charge < -0.3 is 9.47 Å². The molecule has 1 N–H and O–H groups in total. The molecular formula is C24H22Br2N2O3. The normalized spacial score (nSPS) is 10.8. The van der Waals surface area contributed by atoms with E-state index in [9.17, 15) is 4.79 Å². The maximum Gasteiger partial charge on any atom is 0.244 e. The van der Waals surface area contributed by atoms with E-state index in [1.54, 1.807) is 6.21 Å². The number of carbonyl (C=O) groups is 1. The third-order valence-corrected chi connectivity index (χ3v) is 5.31. The maximum absolute atomic E-state index is 12.1. The Kier molecular flexibility index (Phi) is 8.67. The SMILES string of the molecule is CCOc1cc(/C=N\NC(=O)Cc2ccc(Br)cc2)ccc1OCc1ccc(Br)cc1. The molecule has 0 fully saturated rings. The molecule has 1 amide bonds. The Hall–Kier alpha value is -2.64. The Morgan fingerprint density at radius 2 is 1.55 bits per heavy atom. The first kappa shape index (κ1) is 23.0. The number of hydrogen-bond acceptors (Lipinski definition) is 4. The van der Waals surface area contributed by atoms with Crippen molar-refractivity contribution in [2.24, 2.45) is 5.10 Å². The first-order valence-electron chi connectivity index (χ1n) is 9.74. The van der Waals surface area contributed by atoms with Gasteiger partial charge in [0.2, 0.25) is 5.91 Å². The van der Waals surface area contributed by atoms with Crippen LogP contribution in [-0.4, -0.2) is 18.7 Å². The fourth-order valence-corrected chi connectivity index (χ4v) is 3.27. The highest BCUT2D eigenvalue weighted by atomic mass is 79.9. The number of halogens is 2. The van der Waals surface area contributed by atoms with E-state index in [1.807, 2.05) is 73.7 Å². The molecule has 7 heteroatoms. The third kappa shape index (κ3) is 7.52. The fourth-order valence-electron chi connectivity index (χ4n) is 2.74. The minimum atomic E-state index is -0.182. The van der Waals surface area contributed by atoms with Crippen LogP contribution in [0.5, 0.6) is 11.5 Å². The molecule has 3 aromatic carbocycles. The van der Waals surface area contributed by atoms with Crippen LogP contribution in [0.2, 0.25) is 0 Å². The molecule has 0 spiro atoms. The number of nitrogens with one attached hydrogen (secondary N) is 1. The number of nitrogens with zero attached hydrogens (tertiary/aromatic N) is 1. The van der Waals surface area contributed by atoms with E-state index in [0.29, 0.717) is 24.7 Å². The standard InChI is InChI=1S/C24H22Br2N2O3/c1-2-30-23-13-19(7-12-22(23)31-16-18-5-10-21(26)11-6-18)15-27-28-24(29)14-17-3-8-20(25)9-4-17/h3-13,15H,2,14,16H2,1H3,(H,28,29)/b27-15-. The lowest BCUT2D eigenvalue weighted by molar-refractivity contribution is -0.120. The minimum absolute atomic E-state index is 0.182. The van der Waals surface area contributed by atoms with Crippen LogP contribution >= 0.6 is 31.9 Å². The summed E-state index contributed by atoms with van der Waals surface area (Å²) in [5, 5.41) is 4.05. The van der Waals surface area contributed by atoms with Gasteiger partial charge in [-0.25, -0.2) is 5.43 Å². The Morgan fingerprint density at radius 1 is 0.903 bits per heavy atom. The van der Waals surface area contributed by atoms with E-state index in [-0.39, 0.29) is 12.3 Å². The molecule has 3 aromatic rings. The van der Waals surface area contributed by atoms with Crippen LogP contribution in [0, 0.1) is 0 Å². The van der Waals surface area contributed by atoms with Crippen molar-refractivity contribution in [3.8, 4) is 11.5 Å². The molecule has 5 nitrogen and oxygen atoms in total. The van der Waals surface area contributed by atoms with Crippen molar-refractivity contribution in [1.29, 1.82) is 0 Å². The van der Waals surface area contributed by atoms with Gasteiger partial charge in [0.25, 0.3) is 0 Å². The Balaban J connectivity index is 1.59.